The fourth-order valence-electron chi connectivity index (χ4n) is 2.99. The van der Waals surface area contributed by atoms with E-state index in [0.717, 1.165) is 31.5 Å². The van der Waals surface area contributed by atoms with Gasteiger partial charge < -0.3 is 5.73 Å². The minimum atomic E-state index is 0.0261. The summed E-state index contributed by atoms with van der Waals surface area (Å²) in [6, 6.07) is 5.66. The number of nitrogens with two attached hydrogens (primary N) is 1. The number of nitrogens with zero attached hydrogens (tertiary/aromatic N) is 5. The number of terminal acetylenes is 2. The molecule has 4 rings (SSSR count). The highest BCUT2D eigenvalue weighted by molar-refractivity contribution is 5.83. The third-order valence-corrected chi connectivity index (χ3v) is 4.26. The summed E-state index contributed by atoms with van der Waals surface area (Å²) in [7, 11) is 0. The normalized spacial score (nSPS) is 20.7. The number of aliphatic imine (C=N–C) groups is 1. The zero-order valence-electron chi connectivity index (χ0n) is 14.2. The van der Waals surface area contributed by atoms with E-state index in [2.05, 4.69) is 32.0 Å². The molecule has 2 aliphatic heterocycles. The van der Waals surface area contributed by atoms with E-state index < -0.39 is 0 Å². The van der Waals surface area contributed by atoms with E-state index in [-0.39, 0.29) is 12.1 Å². The van der Waals surface area contributed by atoms with E-state index in [9.17, 15) is 0 Å². The van der Waals surface area contributed by atoms with Crippen LogP contribution in [0.2, 0.25) is 0 Å². The van der Waals surface area contributed by atoms with Crippen LogP contribution in [0.15, 0.2) is 23.2 Å². The highest BCUT2D eigenvalue weighted by Gasteiger charge is 2.26. The second-order valence-electron chi connectivity index (χ2n) is 6.06. The zero-order valence-corrected chi connectivity index (χ0v) is 14.2. The first-order valence-electron chi connectivity index (χ1n) is 8.24. The van der Waals surface area contributed by atoms with Gasteiger partial charge in [0.15, 0.2) is 5.82 Å². The van der Waals surface area contributed by atoms with Crippen molar-refractivity contribution in [3.63, 3.8) is 0 Å². The average molecular weight is 332 g/mol. The fraction of sp³-hybridized carbons (Fsp3) is 0.368. The van der Waals surface area contributed by atoms with Gasteiger partial charge in [-0.2, -0.15) is 0 Å². The standard InChI is InChI=1S/C12H11N5.C7H9N/c1-2-8-6-7-11-15-16-12(17(8)11)9-4-3-5-10(13)14-9;1-3-7-5-4-6(2)8-7/h1,3-5,8H,6-7H2,(H2,13,14);1,7H,4-5H2,2H3/t8-;7-/m11/s1. The van der Waals surface area contributed by atoms with Gasteiger partial charge in [0.25, 0.3) is 0 Å². The van der Waals surface area contributed by atoms with Crippen LogP contribution in [0.5, 0.6) is 0 Å². The van der Waals surface area contributed by atoms with Crippen LogP contribution in [0.3, 0.4) is 0 Å². The molecular formula is C19H20N6. The van der Waals surface area contributed by atoms with E-state index in [1.54, 1.807) is 6.07 Å². The van der Waals surface area contributed by atoms with Gasteiger partial charge >= 0.3 is 0 Å². The summed E-state index contributed by atoms with van der Waals surface area (Å²) in [5, 5.41) is 8.28. The Bertz CT molecular complexity index is 880. The molecule has 0 spiro atoms. The molecule has 4 heterocycles. The van der Waals surface area contributed by atoms with E-state index in [4.69, 9.17) is 18.6 Å². The van der Waals surface area contributed by atoms with Crippen LogP contribution in [-0.4, -0.2) is 31.5 Å². The van der Waals surface area contributed by atoms with Crippen LogP contribution >= 0.6 is 0 Å². The van der Waals surface area contributed by atoms with Crippen molar-refractivity contribution in [2.75, 3.05) is 5.73 Å². The first kappa shape index (κ1) is 16.7. The van der Waals surface area contributed by atoms with Crippen molar-refractivity contribution in [2.24, 2.45) is 4.99 Å². The Morgan fingerprint density at radius 1 is 1.16 bits per heavy atom. The lowest BCUT2D eigenvalue weighted by Gasteiger charge is -2.08. The van der Waals surface area contributed by atoms with Crippen LogP contribution in [0.4, 0.5) is 5.82 Å². The molecule has 2 N–H and O–H groups in total. The van der Waals surface area contributed by atoms with Gasteiger partial charge in [0, 0.05) is 12.1 Å². The largest absolute Gasteiger partial charge is 0.384 e. The van der Waals surface area contributed by atoms with Gasteiger partial charge in [-0.05, 0) is 38.3 Å². The maximum atomic E-state index is 5.67. The molecule has 6 nitrogen and oxygen atoms in total. The van der Waals surface area contributed by atoms with Gasteiger partial charge in [0.1, 0.15) is 23.4 Å². The Morgan fingerprint density at radius 2 is 2.00 bits per heavy atom. The van der Waals surface area contributed by atoms with Crippen molar-refractivity contribution in [3.05, 3.63) is 24.0 Å². The van der Waals surface area contributed by atoms with Crippen LogP contribution in [-0.2, 0) is 6.42 Å². The molecule has 0 amide bonds. The second-order valence-corrected chi connectivity index (χ2v) is 6.06. The van der Waals surface area contributed by atoms with Crippen molar-refractivity contribution < 1.29 is 0 Å². The molecular weight excluding hydrogens is 312 g/mol. The van der Waals surface area contributed by atoms with Crippen LogP contribution < -0.4 is 5.73 Å². The number of hydrogen-bond acceptors (Lipinski definition) is 5. The van der Waals surface area contributed by atoms with E-state index in [1.807, 2.05) is 23.6 Å². The van der Waals surface area contributed by atoms with Gasteiger partial charge in [0.2, 0.25) is 0 Å². The van der Waals surface area contributed by atoms with Crippen molar-refractivity contribution in [1.29, 1.82) is 0 Å². The number of aromatic nitrogens is 4. The quantitative estimate of drug-likeness (QED) is 0.812. The van der Waals surface area contributed by atoms with Gasteiger partial charge in [-0.3, -0.25) is 9.56 Å². The maximum Gasteiger partial charge on any atom is 0.183 e. The third kappa shape index (κ3) is 3.54. The Morgan fingerprint density at radius 3 is 2.60 bits per heavy atom. The summed E-state index contributed by atoms with van der Waals surface area (Å²) < 4.78 is 1.97. The molecule has 2 aromatic heterocycles. The number of fused-ring (bicyclic) bond motifs is 1. The number of hydrogen-bond donors (Lipinski definition) is 1. The minimum Gasteiger partial charge on any atom is -0.384 e. The molecule has 0 fully saturated rings. The molecule has 0 saturated heterocycles. The predicted molar refractivity (Wildman–Crippen MR) is 98.8 cm³/mol. The van der Waals surface area contributed by atoms with Gasteiger partial charge in [-0.1, -0.05) is 17.9 Å². The molecule has 126 valence electrons. The highest BCUT2D eigenvalue weighted by atomic mass is 15.3. The summed E-state index contributed by atoms with van der Waals surface area (Å²) in [6.07, 6.45) is 14.6. The number of aryl methyl sites for hydroxylation is 1. The maximum absolute atomic E-state index is 5.67. The van der Waals surface area contributed by atoms with E-state index in [1.165, 1.54) is 5.71 Å². The molecule has 0 radical (unpaired) electrons. The Kier molecular flexibility index (Phi) is 4.81. The summed E-state index contributed by atoms with van der Waals surface area (Å²) in [4.78, 5) is 8.44. The topological polar surface area (TPSA) is 82.0 Å². The van der Waals surface area contributed by atoms with Crippen LogP contribution in [0.25, 0.3) is 11.5 Å². The van der Waals surface area contributed by atoms with Crippen LogP contribution in [0.1, 0.15) is 38.1 Å². The lowest BCUT2D eigenvalue weighted by atomic mass is 10.2. The van der Waals surface area contributed by atoms with Crippen molar-refractivity contribution in [1.82, 2.24) is 19.7 Å². The first-order chi connectivity index (χ1) is 12.1. The molecule has 2 atom stereocenters. The Balaban J connectivity index is 0.000000192. The summed E-state index contributed by atoms with van der Waals surface area (Å²) in [5.74, 6) is 7.45. The second kappa shape index (κ2) is 7.19. The van der Waals surface area contributed by atoms with Gasteiger partial charge in [0.05, 0.1) is 6.04 Å². The molecule has 0 bridgehead atoms. The Hall–Kier alpha value is -3.12. The summed E-state index contributed by atoms with van der Waals surface area (Å²) in [6.45, 7) is 2.03. The first-order valence-corrected chi connectivity index (χ1v) is 8.24. The minimum absolute atomic E-state index is 0.0261. The van der Waals surface area contributed by atoms with Crippen molar-refractivity contribution >= 4 is 11.5 Å². The van der Waals surface area contributed by atoms with E-state index in [0.29, 0.717) is 17.3 Å². The van der Waals surface area contributed by atoms with Gasteiger partial charge in [-0.25, -0.2) is 4.98 Å². The lowest BCUT2D eigenvalue weighted by molar-refractivity contribution is 0.664. The number of nitrogen functional groups attached to an aromatic ring is 1. The average Bonchev–Trinajstić information content (AvgIpc) is 3.31. The third-order valence-electron chi connectivity index (χ3n) is 4.26. The molecule has 0 aromatic carbocycles. The number of rotatable bonds is 1. The molecule has 0 saturated carbocycles. The molecule has 6 heteroatoms. The summed E-state index contributed by atoms with van der Waals surface area (Å²) >= 11 is 0. The number of pyridine rings is 1. The number of anilines is 1. The molecule has 2 aromatic rings. The monoisotopic (exact) mass is 332 g/mol. The zero-order chi connectivity index (χ0) is 17.8. The van der Waals surface area contributed by atoms with Crippen LogP contribution in [0, 0.1) is 24.7 Å². The smallest absolute Gasteiger partial charge is 0.183 e. The van der Waals surface area contributed by atoms with Crippen molar-refractivity contribution in [3.8, 4) is 36.2 Å². The van der Waals surface area contributed by atoms with E-state index >= 15 is 0 Å². The molecule has 0 aliphatic carbocycles. The lowest BCUT2D eigenvalue weighted by Crippen LogP contribution is -2.05. The fourth-order valence-corrected chi connectivity index (χ4v) is 2.99. The van der Waals surface area contributed by atoms with Gasteiger partial charge in [-0.15, -0.1) is 23.0 Å². The Labute approximate surface area is 147 Å². The molecule has 0 unspecified atom stereocenters. The highest BCUT2D eigenvalue weighted by Crippen LogP contribution is 2.29. The summed E-state index contributed by atoms with van der Waals surface area (Å²) in [5.41, 5.74) is 7.58. The molecule has 2 aliphatic rings. The predicted octanol–water partition coefficient (Wildman–Crippen LogP) is 2.29. The molecule has 25 heavy (non-hydrogen) atoms. The SMILES string of the molecule is C#C[C@@H]1CCC(C)=N1.C#C[C@@H]1CCc2nnc(-c3cccc(N)n3)n21. The van der Waals surface area contributed by atoms with Crippen molar-refractivity contribution in [2.45, 2.75) is 44.7 Å².